The zero-order valence-electron chi connectivity index (χ0n) is 11.4. The van der Waals surface area contributed by atoms with E-state index in [0.717, 1.165) is 17.1 Å². The monoisotopic (exact) mass is 248 g/mol. The van der Waals surface area contributed by atoms with Crippen LogP contribution in [0, 0.1) is 11.3 Å². The largest absolute Gasteiger partial charge is 0.497 e. The summed E-state index contributed by atoms with van der Waals surface area (Å²) in [7, 11) is 1.63. The molecule has 0 amide bonds. The molecule has 2 N–H and O–H groups in total. The quantitative estimate of drug-likeness (QED) is 0.887. The first kappa shape index (κ1) is 14.3. The van der Waals surface area contributed by atoms with Crippen LogP contribution in [0.1, 0.15) is 26.3 Å². The lowest BCUT2D eigenvalue weighted by Crippen LogP contribution is -2.26. The van der Waals surface area contributed by atoms with Gasteiger partial charge in [0, 0.05) is 5.56 Å². The minimum Gasteiger partial charge on any atom is -0.497 e. The first-order valence-electron chi connectivity index (χ1n) is 5.85. The first-order chi connectivity index (χ1) is 8.38. The van der Waals surface area contributed by atoms with Crippen LogP contribution in [0.15, 0.2) is 18.2 Å². The molecule has 0 aliphatic rings. The number of hydrogen-bond acceptors (Lipinski definition) is 4. The van der Waals surface area contributed by atoms with Crippen molar-refractivity contribution in [2.45, 2.75) is 32.2 Å². The number of nitrogens with two attached hydrogens (primary N) is 1. The summed E-state index contributed by atoms with van der Waals surface area (Å²) in [6.45, 7) is 6.47. The summed E-state index contributed by atoms with van der Waals surface area (Å²) < 4.78 is 10.8. The van der Waals surface area contributed by atoms with Crippen molar-refractivity contribution in [3.63, 3.8) is 0 Å². The van der Waals surface area contributed by atoms with Crippen molar-refractivity contribution >= 4 is 0 Å². The molecule has 1 aromatic carbocycles. The molecule has 0 aliphatic carbocycles. The molecule has 0 radical (unpaired) electrons. The molecule has 0 aliphatic heterocycles. The van der Waals surface area contributed by atoms with Gasteiger partial charge in [0.1, 0.15) is 24.1 Å². The predicted molar refractivity (Wildman–Crippen MR) is 70.8 cm³/mol. The second kappa shape index (κ2) is 5.74. The highest BCUT2D eigenvalue weighted by Crippen LogP contribution is 2.34. The lowest BCUT2D eigenvalue weighted by molar-refractivity contribution is 0.299. The predicted octanol–water partition coefficient (Wildman–Crippen LogP) is 2.22. The van der Waals surface area contributed by atoms with Crippen LogP contribution in [0.2, 0.25) is 0 Å². The number of ether oxygens (including phenoxy) is 2. The van der Waals surface area contributed by atoms with Crippen molar-refractivity contribution < 1.29 is 9.47 Å². The normalized spacial score (nSPS) is 12.7. The van der Waals surface area contributed by atoms with Gasteiger partial charge in [0.2, 0.25) is 0 Å². The molecule has 4 nitrogen and oxygen atoms in total. The summed E-state index contributed by atoms with van der Waals surface area (Å²) in [6, 6.07) is 6.97. The topological polar surface area (TPSA) is 68.3 Å². The maximum absolute atomic E-state index is 8.65. The van der Waals surface area contributed by atoms with Crippen molar-refractivity contribution in [2.75, 3.05) is 13.7 Å². The summed E-state index contributed by atoms with van der Waals surface area (Å²) in [5.74, 6) is 1.53. The Morgan fingerprint density at radius 3 is 2.56 bits per heavy atom. The van der Waals surface area contributed by atoms with E-state index in [1.165, 1.54) is 0 Å². The maximum atomic E-state index is 8.65. The molecule has 0 bridgehead atoms. The summed E-state index contributed by atoms with van der Waals surface area (Å²) in [5.41, 5.74) is 6.49. The third-order valence-electron chi connectivity index (χ3n) is 2.58. The van der Waals surface area contributed by atoms with E-state index in [0.29, 0.717) is 0 Å². The smallest absolute Gasteiger partial charge is 0.127 e. The molecule has 0 aromatic heterocycles. The Labute approximate surface area is 108 Å². The van der Waals surface area contributed by atoms with Crippen molar-refractivity contribution in [2.24, 2.45) is 5.73 Å². The summed E-state index contributed by atoms with van der Waals surface area (Å²) in [6.07, 6.45) is 0. The number of hydrogen-bond donors (Lipinski definition) is 1. The lowest BCUT2D eigenvalue weighted by Gasteiger charge is -2.23. The van der Waals surface area contributed by atoms with Gasteiger partial charge in [-0.1, -0.05) is 20.8 Å². The van der Waals surface area contributed by atoms with Crippen LogP contribution < -0.4 is 15.2 Å². The fourth-order valence-electron chi connectivity index (χ4n) is 1.56. The standard InChI is InChI=1S/C14H20N2O2/c1-14(2,3)12-7-11(17-4)5-6-13(12)18-9-10(16)8-15/h5-7,10H,9,16H2,1-4H3. The van der Waals surface area contributed by atoms with Crippen LogP contribution in [0.4, 0.5) is 0 Å². The van der Waals surface area contributed by atoms with E-state index in [1.807, 2.05) is 24.3 Å². The highest BCUT2D eigenvalue weighted by molar-refractivity contribution is 5.44. The van der Waals surface area contributed by atoms with Gasteiger partial charge >= 0.3 is 0 Å². The Morgan fingerprint density at radius 1 is 1.39 bits per heavy atom. The molecule has 0 heterocycles. The Bertz CT molecular complexity index is 444. The van der Waals surface area contributed by atoms with E-state index in [1.54, 1.807) is 7.11 Å². The molecule has 1 unspecified atom stereocenters. The molecule has 98 valence electrons. The first-order valence-corrected chi connectivity index (χ1v) is 5.85. The SMILES string of the molecule is COc1ccc(OCC(N)C#N)c(C(C)(C)C)c1. The third kappa shape index (κ3) is 3.64. The summed E-state index contributed by atoms with van der Waals surface area (Å²) in [4.78, 5) is 0. The maximum Gasteiger partial charge on any atom is 0.127 e. The number of methoxy groups -OCH3 is 1. The molecule has 0 saturated carbocycles. The Hall–Kier alpha value is -1.73. The average molecular weight is 248 g/mol. The third-order valence-corrected chi connectivity index (χ3v) is 2.58. The van der Waals surface area contributed by atoms with Crippen molar-refractivity contribution in [1.82, 2.24) is 0 Å². The second-order valence-electron chi connectivity index (χ2n) is 5.16. The van der Waals surface area contributed by atoms with E-state index in [2.05, 4.69) is 20.8 Å². The van der Waals surface area contributed by atoms with Crippen LogP contribution in [0.3, 0.4) is 0 Å². The minimum atomic E-state index is -0.611. The van der Waals surface area contributed by atoms with Gasteiger partial charge in [0.05, 0.1) is 13.2 Å². The minimum absolute atomic E-state index is 0.0688. The van der Waals surface area contributed by atoms with E-state index < -0.39 is 6.04 Å². The molecule has 18 heavy (non-hydrogen) atoms. The van der Waals surface area contributed by atoms with Gasteiger partial charge in [-0.15, -0.1) is 0 Å². The molecule has 0 saturated heterocycles. The number of rotatable bonds is 4. The molecule has 1 atom stereocenters. The number of nitrogens with zero attached hydrogens (tertiary/aromatic N) is 1. The van der Waals surface area contributed by atoms with Crippen molar-refractivity contribution in [3.05, 3.63) is 23.8 Å². The molecule has 0 spiro atoms. The van der Waals surface area contributed by atoms with Gasteiger partial charge in [-0.2, -0.15) is 5.26 Å². The van der Waals surface area contributed by atoms with Gasteiger partial charge in [-0.3, -0.25) is 0 Å². The lowest BCUT2D eigenvalue weighted by atomic mass is 9.86. The fraction of sp³-hybridized carbons (Fsp3) is 0.500. The highest BCUT2D eigenvalue weighted by atomic mass is 16.5. The van der Waals surface area contributed by atoms with Gasteiger partial charge in [0.15, 0.2) is 0 Å². The number of benzene rings is 1. The van der Waals surface area contributed by atoms with Crippen molar-refractivity contribution in [1.29, 1.82) is 5.26 Å². The summed E-state index contributed by atoms with van der Waals surface area (Å²) in [5, 5.41) is 8.65. The highest BCUT2D eigenvalue weighted by Gasteiger charge is 2.20. The molecule has 1 aromatic rings. The Kier molecular flexibility index (Phi) is 4.57. The molecule has 0 fully saturated rings. The van der Waals surface area contributed by atoms with Crippen LogP contribution >= 0.6 is 0 Å². The molecular weight excluding hydrogens is 228 g/mol. The second-order valence-corrected chi connectivity index (χ2v) is 5.16. The van der Waals surface area contributed by atoms with E-state index in [-0.39, 0.29) is 12.0 Å². The van der Waals surface area contributed by atoms with E-state index >= 15 is 0 Å². The van der Waals surface area contributed by atoms with E-state index in [4.69, 9.17) is 20.5 Å². The number of nitriles is 1. The summed E-state index contributed by atoms with van der Waals surface area (Å²) >= 11 is 0. The van der Waals surface area contributed by atoms with Crippen LogP contribution in [0.25, 0.3) is 0 Å². The van der Waals surface area contributed by atoms with Gasteiger partial charge < -0.3 is 15.2 Å². The van der Waals surface area contributed by atoms with Crippen LogP contribution in [-0.4, -0.2) is 19.8 Å². The van der Waals surface area contributed by atoms with Crippen molar-refractivity contribution in [3.8, 4) is 17.6 Å². The van der Waals surface area contributed by atoms with Crippen LogP contribution in [0.5, 0.6) is 11.5 Å². The molecule has 4 heteroatoms. The zero-order valence-corrected chi connectivity index (χ0v) is 11.4. The van der Waals surface area contributed by atoms with Gasteiger partial charge in [-0.25, -0.2) is 0 Å². The van der Waals surface area contributed by atoms with Gasteiger partial charge in [-0.05, 0) is 23.6 Å². The Morgan fingerprint density at radius 2 is 2.06 bits per heavy atom. The van der Waals surface area contributed by atoms with Crippen LogP contribution in [-0.2, 0) is 5.41 Å². The van der Waals surface area contributed by atoms with Gasteiger partial charge in [0.25, 0.3) is 0 Å². The van der Waals surface area contributed by atoms with E-state index in [9.17, 15) is 0 Å². The Balaban J connectivity index is 3.00. The zero-order chi connectivity index (χ0) is 13.8. The molecular formula is C14H20N2O2. The molecule has 1 rings (SSSR count). The fourth-order valence-corrected chi connectivity index (χ4v) is 1.56. The average Bonchev–Trinajstić information content (AvgIpc) is 2.34.